The summed E-state index contributed by atoms with van der Waals surface area (Å²) in [5.74, 6) is 0.800. The summed E-state index contributed by atoms with van der Waals surface area (Å²) in [6.07, 6.45) is 3.36. The van der Waals surface area contributed by atoms with E-state index in [9.17, 15) is 4.79 Å². The zero-order valence-corrected chi connectivity index (χ0v) is 13.2. The molecule has 1 fully saturated rings. The molecule has 0 unspecified atom stereocenters. The third-order valence-electron chi connectivity index (χ3n) is 3.83. The number of piperidine rings is 1. The number of nitrogens with zero attached hydrogens (tertiary/aromatic N) is 1. The molecule has 19 heavy (non-hydrogen) atoms. The quantitative estimate of drug-likeness (QED) is 0.826. The highest BCUT2D eigenvalue weighted by Crippen LogP contribution is 2.29. The van der Waals surface area contributed by atoms with E-state index in [2.05, 4.69) is 29.8 Å². The van der Waals surface area contributed by atoms with Crippen molar-refractivity contribution in [2.45, 2.75) is 45.2 Å². The molecule has 0 aliphatic carbocycles. The van der Waals surface area contributed by atoms with Crippen LogP contribution in [0, 0.1) is 0 Å². The molecule has 1 aromatic carbocycles. The van der Waals surface area contributed by atoms with Crippen LogP contribution in [0.2, 0.25) is 0 Å². The molecule has 0 aromatic heterocycles. The highest BCUT2D eigenvalue weighted by molar-refractivity contribution is 9.10. The Morgan fingerprint density at radius 1 is 1.32 bits per heavy atom. The lowest BCUT2D eigenvalue weighted by Crippen LogP contribution is -2.47. The number of likely N-dealkylation sites (tertiary alicyclic amines) is 1. The van der Waals surface area contributed by atoms with Crippen molar-refractivity contribution in [3.05, 3.63) is 28.2 Å². The minimum absolute atomic E-state index is 0.0884. The van der Waals surface area contributed by atoms with E-state index in [0.29, 0.717) is 23.4 Å². The smallest absolute Gasteiger partial charge is 0.255 e. The molecule has 3 nitrogen and oxygen atoms in total. The average molecular weight is 326 g/mol. The van der Waals surface area contributed by atoms with E-state index in [1.54, 1.807) is 13.2 Å². The minimum Gasteiger partial charge on any atom is -0.497 e. The lowest BCUT2D eigenvalue weighted by Gasteiger charge is -2.39. The number of ether oxygens (including phenoxy) is 1. The van der Waals surface area contributed by atoms with E-state index in [-0.39, 0.29) is 5.91 Å². The normalized spacial score (nSPS) is 23.3. The van der Waals surface area contributed by atoms with Gasteiger partial charge in [-0.25, -0.2) is 0 Å². The number of hydrogen-bond donors (Lipinski definition) is 0. The number of amides is 1. The second-order valence-corrected chi connectivity index (χ2v) is 6.04. The van der Waals surface area contributed by atoms with Crippen LogP contribution in [-0.2, 0) is 0 Å². The first kappa shape index (κ1) is 14.4. The summed E-state index contributed by atoms with van der Waals surface area (Å²) in [5.41, 5.74) is 0.681. The molecule has 2 rings (SSSR count). The van der Waals surface area contributed by atoms with Crippen LogP contribution in [0.5, 0.6) is 5.75 Å². The van der Waals surface area contributed by atoms with Gasteiger partial charge in [-0.1, -0.05) is 0 Å². The Hall–Kier alpha value is -1.03. The molecule has 104 valence electrons. The number of halogens is 1. The third-order valence-corrected chi connectivity index (χ3v) is 4.52. The first-order chi connectivity index (χ1) is 9.04. The number of methoxy groups -OCH3 is 1. The van der Waals surface area contributed by atoms with Crippen LogP contribution in [0.3, 0.4) is 0 Å². The molecule has 2 atom stereocenters. The van der Waals surface area contributed by atoms with Gasteiger partial charge in [0.1, 0.15) is 5.75 Å². The topological polar surface area (TPSA) is 29.5 Å². The highest BCUT2D eigenvalue weighted by atomic mass is 79.9. The predicted octanol–water partition coefficient (Wildman–Crippen LogP) is 3.86. The zero-order valence-electron chi connectivity index (χ0n) is 11.6. The molecule has 0 N–H and O–H groups in total. The van der Waals surface area contributed by atoms with Gasteiger partial charge in [-0.2, -0.15) is 0 Å². The summed E-state index contributed by atoms with van der Waals surface area (Å²) in [7, 11) is 1.61. The minimum atomic E-state index is 0.0884. The molecule has 0 saturated carbocycles. The van der Waals surface area contributed by atoms with Gasteiger partial charge in [0.15, 0.2) is 0 Å². The van der Waals surface area contributed by atoms with Crippen LogP contribution >= 0.6 is 15.9 Å². The highest BCUT2D eigenvalue weighted by Gasteiger charge is 2.30. The Kier molecular flexibility index (Phi) is 4.50. The van der Waals surface area contributed by atoms with Crippen molar-refractivity contribution in [1.82, 2.24) is 4.90 Å². The summed E-state index contributed by atoms with van der Waals surface area (Å²) >= 11 is 3.46. The Morgan fingerprint density at radius 2 is 1.95 bits per heavy atom. The fourth-order valence-corrected chi connectivity index (χ4v) is 3.17. The SMILES string of the molecule is COc1ccc(Br)c(C(=O)N2[C@H](C)CCC[C@@H]2C)c1. The van der Waals surface area contributed by atoms with Crippen molar-refractivity contribution < 1.29 is 9.53 Å². The predicted molar refractivity (Wildman–Crippen MR) is 79.6 cm³/mol. The lowest BCUT2D eigenvalue weighted by molar-refractivity contribution is 0.0509. The molecule has 1 heterocycles. The molecule has 4 heteroatoms. The van der Waals surface area contributed by atoms with Crippen LogP contribution in [0.25, 0.3) is 0 Å². The summed E-state index contributed by atoms with van der Waals surface area (Å²) < 4.78 is 6.03. The molecule has 0 spiro atoms. The monoisotopic (exact) mass is 325 g/mol. The van der Waals surface area contributed by atoms with E-state index in [0.717, 1.165) is 17.3 Å². The second kappa shape index (κ2) is 5.95. The van der Waals surface area contributed by atoms with Gasteiger partial charge in [-0.05, 0) is 67.2 Å². The maximum absolute atomic E-state index is 12.7. The van der Waals surface area contributed by atoms with Crippen LogP contribution in [0.1, 0.15) is 43.5 Å². The van der Waals surface area contributed by atoms with Crippen LogP contribution in [0.4, 0.5) is 0 Å². The van der Waals surface area contributed by atoms with Crippen molar-refractivity contribution in [3.8, 4) is 5.75 Å². The van der Waals surface area contributed by atoms with E-state index in [1.807, 2.05) is 17.0 Å². The molecular formula is C15H20BrNO2. The fourth-order valence-electron chi connectivity index (χ4n) is 2.76. The molecule has 0 bridgehead atoms. The summed E-state index contributed by atoms with van der Waals surface area (Å²) in [6, 6.07) is 6.12. The van der Waals surface area contributed by atoms with Crippen LogP contribution in [-0.4, -0.2) is 30.0 Å². The van der Waals surface area contributed by atoms with Gasteiger partial charge in [0.2, 0.25) is 0 Å². The molecule has 1 aliphatic heterocycles. The van der Waals surface area contributed by atoms with Crippen LogP contribution in [0.15, 0.2) is 22.7 Å². The standard InChI is InChI=1S/C15H20BrNO2/c1-10-5-4-6-11(2)17(10)15(18)13-9-12(19-3)7-8-14(13)16/h7-11H,4-6H2,1-3H3/t10-,11+. The van der Waals surface area contributed by atoms with Crippen molar-refractivity contribution in [3.63, 3.8) is 0 Å². The molecule has 0 radical (unpaired) electrons. The van der Waals surface area contributed by atoms with Gasteiger partial charge in [-0.3, -0.25) is 4.79 Å². The molecule has 1 saturated heterocycles. The Balaban J connectivity index is 2.32. The number of benzene rings is 1. The first-order valence-electron chi connectivity index (χ1n) is 6.70. The number of rotatable bonds is 2. The van der Waals surface area contributed by atoms with Crippen molar-refractivity contribution in [2.75, 3.05) is 7.11 Å². The summed E-state index contributed by atoms with van der Waals surface area (Å²) in [5, 5.41) is 0. The fraction of sp³-hybridized carbons (Fsp3) is 0.533. The second-order valence-electron chi connectivity index (χ2n) is 5.19. The Morgan fingerprint density at radius 3 is 2.53 bits per heavy atom. The maximum atomic E-state index is 12.7. The summed E-state index contributed by atoms with van der Waals surface area (Å²) in [4.78, 5) is 14.8. The van der Waals surface area contributed by atoms with Gasteiger partial charge >= 0.3 is 0 Å². The van der Waals surface area contributed by atoms with Gasteiger partial charge in [0, 0.05) is 16.6 Å². The van der Waals surface area contributed by atoms with E-state index < -0.39 is 0 Å². The lowest BCUT2D eigenvalue weighted by atomic mass is 9.96. The van der Waals surface area contributed by atoms with Gasteiger partial charge in [0.05, 0.1) is 12.7 Å². The Bertz CT molecular complexity index is 465. The van der Waals surface area contributed by atoms with Gasteiger partial charge < -0.3 is 9.64 Å². The van der Waals surface area contributed by atoms with E-state index in [1.165, 1.54) is 6.42 Å². The van der Waals surface area contributed by atoms with Crippen molar-refractivity contribution >= 4 is 21.8 Å². The van der Waals surface area contributed by atoms with Gasteiger partial charge in [0.25, 0.3) is 5.91 Å². The Labute approximate surface area is 123 Å². The van der Waals surface area contributed by atoms with Crippen molar-refractivity contribution in [2.24, 2.45) is 0 Å². The maximum Gasteiger partial charge on any atom is 0.255 e. The summed E-state index contributed by atoms with van der Waals surface area (Å²) in [6.45, 7) is 4.25. The average Bonchev–Trinajstić information content (AvgIpc) is 2.39. The molecule has 1 amide bonds. The first-order valence-corrected chi connectivity index (χ1v) is 7.50. The number of hydrogen-bond acceptors (Lipinski definition) is 2. The van der Waals surface area contributed by atoms with E-state index in [4.69, 9.17) is 4.74 Å². The third kappa shape index (κ3) is 2.94. The molecule has 1 aliphatic rings. The zero-order chi connectivity index (χ0) is 14.0. The molecule has 1 aromatic rings. The molecular weight excluding hydrogens is 306 g/mol. The van der Waals surface area contributed by atoms with Gasteiger partial charge in [-0.15, -0.1) is 0 Å². The van der Waals surface area contributed by atoms with Crippen LogP contribution < -0.4 is 4.74 Å². The van der Waals surface area contributed by atoms with Crippen molar-refractivity contribution in [1.29, 1.82) is 0 Å². The number of carbonyl (C=O) groups excluding carboxylic acids is 1. The largest absolute Gasteiger partial charge is 0.497 e. The number of carbonyl (C=O) groups is 1. The van der Waals surface area contributed by atoms with E-state index >= 15 is 0 Å².